The van der Waals surface area contributed by atoms with Gasteiger partial charge >= 0.3 is 6.09 Å². The second-order valence-corrected chi connectivity index (χ2v) is 2.13. The predicted molar refractivity (Wildman–Crippen MR) is 45.0 cm³/mol. The molecule has 0 bridgehead atoms. The van der Waals surface area contributed by atoms with Gasteiger partial charge in [-0.05, 0) is 12.1 Å². The molecular formula is C8H7N3O2. The van der Waals surface area contributed by atoms with Crippen LogP contribution in [-0.2, 0) is 4.74 Å². The van der Waals surface area contributed by atoms with E-state index in [1.54, 1.807) is 12.1 Å². The van der Waals surface area contributed by atoms with Crippen molar-refractivity contribution in [2.45, 2.75) is 0 Å². The van der Waals surface area contributed by atoms with E-state index >= 15 is 0 Å². The number of aromatic nitrogens is 1. The first-order valence-corrected chi connectivity index (χ1v) is 3.48. The number of methoxy groups -OCH3 is 1. The van der Waals surface area contributed by atoms with Crippen molar-refractivity contribution < 1.29 is 9.53 Å². The number of pyridine rings is 1. The highest BCUT2D eigenvalue weighted by Crippen LogP contribution is 2.10. The summed E-state index contributed by atoms with van der Waals surface area (Å²) in [5, 5.41) is 11.0. The van der Waals surface area contributed by atoms with Crippen LogP contribution in [0, 0.1) is 11.3 Å². The van der Waals surface area contributed by atoms with Gasteiger partial charge < -0.3 is 4.74 Å². The molecule has 5 heteroatoms. The van der Waals surface area contributed by atoms with Crippen molar-refractivity contribution in [3.05, 3.63) is 24.0 Å². The Morgan fingerprint density at radius 3 is 3.15 bits per heavy atom. The molecule has 13 heavy (non-hydrogen) atoms. The zero-order chi connectivity index (χ0) is 9.68. The second kappa shape index (κ2) is 4.07. The molecule has 0 aromatic carbocycles. The van der Waals surface area contributed by atoms with Crippen LogP contribution in [0.5, 0.6) is 0 Å². The molecule has 0 radical (unpaired) electrons. The van der Waals surface area contributed by atoms with Crippen molar-refractivity contribution in [2.75, 3.05) is 12.4 Å². The van der Waals surface area contributed by atoms with Gasteiger partial charge in [0.05, 0.1) is 12.8 Å². The molecule has 5 nitrogen and oxygen atoms in total. The third-order valence-corrected chi connectivity index (χ3v) is 1.34. The third-order valence-electron chi connectivity index (χ3n) is 1.34. The molecule has 0 atom stereocenters. The topological polar surface area (TPSA) is 75.0 Å². The molecule has 1 heterocycles. The summed E-state index contributed by atoms with van der Waals surface area (Å²) in [6, 6.07) is 5.03. The highest BCUT2D eigenvalue weighted by molar-refractivity contribution is 5.85. The van der Waals surface area contributed by atoms with Crippen LogP contribution in [0.4, 0.5) is 10.5 Å². The summed E-state index contributed by atoms with van der Waals surface area (Å²) in [7, 11) is 1.25. The molecule has 0 aliphatic carbocycles. The van der Waals surface area contributed by atoms with Gasteiger partial charge in [-0.1, -0.05) is 0 Å². The number of nitrogens with one attached hydrogen (secondary N) is 1. The highest BCUT2D eigenvalue weighted by Gasteiger charge is 2.05. The standard InChI is InChI=1S/C8H7N3O2/c1-13-8(12)11-6-3-2-4-10-7(6)5-9/h2-4H,1H3,(H,11,12). The lowest BCUT2D eigenvalue weighted by molar-refractivity contribution is 0.187. The minimum absolute atomic E-state index is 0.160. The molecule has 0 aliphatic rings. The number of nitrogens with zero attached hydrogens (tertiary/aromatic N) is 2. The summed E-state index contributed by atoms with van der Waals surface area (Å²) in [5.41, 5.74) is 0.504. The maximum atomic E-state index is 10.8. The Balaban J connectivity index is 2.89. The second-order valence-electron chi connectivity index (χ2n) is 2.13. The van der Waals surface area contributed by atoms with Crippen molar-refractivity contribution in [3.63, 3.8) is 0 Å². The lowest BCUT2D eigenvalue weighted by Crippen LogP contribution is -2.12. The highest BCUT2D eigenvalue weighted by atomic mass is 16.5. The Labute approximate surface area is 75.0 Å². The maximum absolute atomic E-state index is 10.8. The fourth-order valence-electron chi connectivity index (χ4n) is 0.756. The minimum atomic E-state index is -0.621. The molecule has 0 aliphatic heterocycles. The smallest absolute Gasteiger partial charge is 0.411 e. The lowest BCUT2D eigenvalue weighted by Gasteiger charge is -2.03. The van der Waals surface area contributed by atoms with Crippen molar-refractivity contribution >= 4 is 11.8 Å². The van der Waals surface area contributed by atoms with E-state index in [-0.39, 0.29) is 5.69 Å². The van der Waals surface area contributed by atoms with E-state index in [1.165, 1.54) is 13.3 Å². The SMILES string of the molecule is COC(=O)Nc1cccnc1C#N. The summed E-state index contributed by atoms with van der Waals surface area (Å²) < 4.78 is 4.37. The van der Waals surface area contributed by atoms with Gasteiger partial charge in [0.1, 0.15) is 6.07 Å². The van der Waals surface area contributed by atoms with E-state index < -0.39 is 6.09 Å². The Hall–Kier alpha value is -2.09. The first kappa shape index (κ1) is 9.00. The van der Waals surface area contributed by atoms with Gasteiger partial charge in [0.25, 0.3) is 0 Å². The van der Waals surface area contributed by atoms with Gasteiger partial charge in [0, 0.05) is 6.20 Å². The monoisotopic (exact) mass is 177 g/mol. The normalized spacial score (nSPS) is 8.62. The van der Waals surface area contributed by atoms with Crippen LogP contribution >= 0.6 is 0 Å². The molecular weight excluding hydrogens is 170 g/mol. The van der Waals surface area contributed by atoms with Gasteiger partial charge in [0.15, 0.2) is 5.69 Å². The van der Waals surface area contributed by atoms with Crippen LogP contribution in [0.1, 0.15) is 5.69 Å². The molecule has 1 aromatic heterocycles. The summed E-state index contributed by atoms with van der Waals surface area (Å²) in [4.78, 5) is 14.5. The molecule has 0 fully saturated rings. The van der Waals surface area contributed by atoms with Crippen LogP contribution in [0.3, 0.4) is 0 Å². The number of hydrogen-bond donors (Lipinski definition) is 1. The van der Waals surface area contributed by atoms with Crippen molar-refractivity contribution in [1.82, 2.24) is 4.98 Å². The maximum Gasteiger partial charge on any atom is 0.411 e. The van der Waals surface area contributed by atoms with E-state index in [2.05, 4.69) is 15.0 Å². The number of carbonyl (C=O) groups excluding carboxylic acids is 1. The Morgan fingerprint density at radius 2 is 2.54 bits per heavy atom. The van der Waals surface area contributed by atoms with E-state index in [9.17, 15) is 4.79 Å². The third kappa shape index (κ3) is 2.17. The largest absolute Gasteiger partial charge is 0.453 e. The summed E-state index contributed by atoms with van der Waals surface area (Å²) in [6.45, 7) is 0. The van der Waals surface area contributed by atoms with Gasteiger partial charge in [-0.25, -0.2) is 9.78 Å². The number of carbonyl (C=O) groups is 1. The number of rotatable bonds is 1. The lowest BCUT2D eigenvalue weighted by atomic mass is 10.3. The Bertz CT molecular complexity index is 357. The molecule has 0 spiro atoms. The quantitative estimate of drug-likeness (QED) is 0.697. The van der Waals surface area contributed by atoms with Gasteiger partial charge in [0.2, 0.25) is 0 Å². The fourth-order valence-corrected chi connectivity index (χ4v) is 0.756. The van der Waals surface area contributed by atoms with Crippen molar-refractivity contribution in [1.29, 1.82) is 5.26 Å². The molecule has 1 aromatic rings. The van der Waals surface area contributed by atoms with E-state index in [4.69, 9.17) is 5.26 Å². The fraction of sp³-hybridized carbons (Fsp3) is 0.125. The molecule has 1 amide bonds. The molecule has 0 saturated carbocycles. The molecule has 0 saturated heterocycles. The Kier molecular flexibility index (Phi) is 2.82. The molecule has 0 unspecified atom stereocenters. The van der Waals surface area contributed by atoms with Crippen LogP contribution in [-0.4, -0.2) is 18.2 Å². The summed E-state index contributed by atoms with van der Waals surface area (Å²) in [5.74, 6) is 0. The molecule has 66 valence electrons. The average Bonchev–Trinajstić information content (AvgIpc) is 2.18. The molecule has 1 rings (SSSR count). The average molecular weight is 177 g/mol. The molecule has 1 N–H and O–H groups in total. The van der Waals surface area contributed by atoms with Gasteiger partial charge in [-0.3, -0.25) is 5.32 Å². The van der Waals surface area contributed by atoms with Crippen molar-refractivity contribution in [2.24, 2.45) is 0 Å². The van der Waals surface area contributed by atoms with Crippen LogP contribution in [0.25, 0.3) is 0 Å². The van der Waals surface area contributed by atoms with Gasteiger partial charge in [-0.2, -0.15) is 5.26 Å². The predicted octanol–water partition coefficient (Wildman–Crippen LogP) is 1.13. The summed E-state index contributed by atoms with van der Waals surface area (Å²) >= 11 is 0. The number of anilines is 1. The number of amides is 1. The van der Waals surface area contributed by atoms with Crippen molar-refractivity contribution in [3.8, 4) is 6.07 Å². The van der Waals surface area contributed by atoms with Crippen LogP contribution in [0.15, 0.2) is 18.3 Å². The number of nitriles is 1. The summed E-state index contributed by atoms with van der Waals surface area (Å²) in [6.07, 6.45) is 0.852. The van der Waals surface area contributed by atoms with E-state index in [0.717, 1.165) is 0 Å². The first-order valence-electron chi connectivity index (χ1n) is 3.48. The Morgan fingerprint density at radius 1 is 1.77 bits per heavy atom. The van der Waals surface area contributed by atoms with E-state index in [0.29, 0.717) is 5.69 Å². The zero-order valence-corrected chi connectivity index (χ0v) is 6.94. The first-order chi connectivity index (χ1) is 6.27. The number of ether oxygens (including phenoxy) is 1. The minimum Gasteiger partial charge on any atom is -0.453 e. The number of hydrogen-bond acceptors (Lipinski definition) is 4. The van der Waals surface area contributed by atoms with Crippen LogP contribution in [0.2, 0.25) is 0 Å². The van der Waals surface area contributed by atoms with Crippen LogP contribution < -0.4 is 5.32 Å². The van der Waals surface area contributed by atoms with Gasteiger partial charge in [-0.15, -0.1) is 0 Å². The zero-order valence-electron chi connectivity index (χ0n) is 6.94. The van der Waals surface area contributed by atoms with E-state index in [1.807, 2.05) is 6.07 Å².